The summed E-state index contributed by atoms with van der Waals surface area (Å²) < 4.78 is 0. The summed E-state index contributed by atoms with van der Waals surface area (Å²) in [6.07, 6.45) is 2.24. The number of nitrogens with two attached hydrogens (primary N) is 2. The lowest BCUT2D eigenvalue weighted by atomic mass is 9.95. The van der Waals surface area contributed by atoms with Gasteiger partial charge in [0.1, 0.15) is 5.75 Å². The van der Waals surface area contributed by atoms with Crippen molar-refractivity contribution < 1.29 is 24.6 Å². The topological polar surface area (TPSA) is 168 Å². The van der Waals surface area contributed by atoms with Crippen molar-refractivity contribution in [2.75, 3.05) is 26.7 Å². The molecule has 1 aromatic carbocycles. The fourth-order valence-corrected chi connectivity index (χ4v) is 3.02. The highest BCUT2D eigenvalue weighted by molar-refractivity contribution is 5.90. The summed E-state index contributed by atoms with van der Waals surface area (Å²) in [4.78, 5) is 36.4. The van der Waals surface area contributed by atoms with Crippen molar-refractivity contribution in [3.05, 3.63) is 29.8 Å². The number of carbonyl (C=O) groups excluding carboxylic acids is 3. The van der Waals surface area contributed by atoms with Crippen LogP contribution in [0.3, 0.4) is 0 Å². The zero-order chi connectivity index (χ0) is 22.5. The van der Waals surface area contributed by atoms with Gasteiger partial charge in [-0.1, -0.05) is 18.6 Å². The van der Waals surface area contributed by atoms with E-state index in [-0.39, 0.29) is 30.3 Å². The average molecular weight is 423 g/mol. The maximum Gasteiger partial charge on any atom is 0.223 e. The van der Waals surface area contributed by atoms with E-state index >= 15 is 0 Å². The van der Waals surface area contributed by atoms with E-state index < -0.39 is 30.5 Å². The van der Waals surface area contributed by atoms with Crippen LogP contribution in [0.1, 0.15) is 31.2 Å². The number of phenolic OH excluding ortho intramolecular Hbond substituents is 1. The summed E-state index contributed by atoms with van der Waals surface area (Å²) in [5.74, 6) is -2.04. The number of hydrogen-bond acceptors (Lipinski definition) is 8. The molecule has 0 bridgehead atoms. The van der Waals surface area contributed by atoms with E-state index in [1.54, 1.807) is 12.1 Å². The molecule has 0 aliphatic rings. The first-order chi connectivity index (χ1) is 14.3. The lowest BCUT2D eigenvalue weighted by molar-refractivity contribution is -0.129. The van der Waals surface area contributed by atoms with E-state index in [1.165, 1.54) is 12.1 Å². The third-order valence-electron chi connectivity index (χ3n) is 4.96. The van der Waals surface area contributed by atoms with Crippen molar-refractivity contribution >= 4 is 17.5 Å². The summed E-state index contributed by atoms with van der Waals surface area (Å²) in [5.41, 5.74) is 12.0. The molecule has 3 atom stereocenters. The van der Waals surface area contributed by atoms with Crippen molar-refractivity contribution in [1.82, 2.24) is 10.6 Å². The van der Waals surface area contributed by atoms with Crippen LogP contribution in [-0.4, -0.2) is 66.5 Å². The van der Waals surface area contributed by atoms with Gasteiger partial charge in [-0.25, -0.2) is 0 Å². The Morgan fingerprint density at radius 3 is 2.33 bits per heavy atom. The minimum atomic E-state index is -0.938. The van der Waals surface area contributed by atoms with Crippen molar-refractivity contribution in [2.45, 2.75) is 44.2 Å². The maximum absolute atomic E-state index is 12.6. The largest absolute Gasteiger partial charge is 0.508 e. The second-order valence-corrected chi connectivity index (χ2v) is 7.43. The number of phenols is 1. The Morgan fingerprint density at radius 1 is 1.10 bits per heavy atom. The van der Waals surface area contributed by atoms with Gasteiger partial charge in [0.15, 0.2) is 11.6 Å². The number of ketones is 2. The van der Waals surface area contributed by atoms with E-state index in [1.807, 2.05) is 7.05 Å². The van der Waals surface area contributed by atoms with E-state index in [0.717, 1.165) is 24.9 Å². The third-order valence-corrected chi connectivity index (χ3v) is 4.96. The lowest BCUT2D eigenvalue weighted by Crippen LogP contribution is -2.46. The molecule has 0 fully saturated rings. The van der Waals surface area contributed by atoms with Gasteiger partial charge >= 0.3 is 0 Å². The number of Topliss-reactive ketones (excluding diaryl/α,β-unsaturated/α-hetero) is 2. The molecule has 168 valence electrons. The van der Waals surface area contributed by atoms with E-state index in [9.17, 15) is 24.6 Å². The average Bonchev–Trinajstić information content (AvgIpc) is 2.72. The highest BCUT2D eigenvalue weighted by atomic mass is 16.3. The van der Waals surface area contributed by atoms with E-state index in [2.05, 4.69) is 10.6 Å². The van der Waals surface area contributed by atoms with Gasteiger partial charge in [0.2, 0.25) is 5.91 Å². The number of aliphatic hydroxyl groups is 1. The quantitative estimate of drug-likeness (QED) is 0.189. The number of carbonyl (C=O) groups is 3. The van der Waals surface area contributed by atoms with Crippen LogP contribution in [0.15, 0.2) is 24.3 Å². The number of nitrogens with one attached hydrogen (secondary N) is 2. The van der Waals surface area contributed by atoms with Gasteiger partial charge < -0.3 is 32.3 Å². The van der Waals surface area contributed by atoms with Crippen LogP contribution in [0.25, 0.3) is 0 Å². The van der Waals surface area contributed by atoms with Crippen LogP contribution < -0.4 is 22.1 Å². The summed E-state index contributed by atoms with van der Waals surface area (Å²) in [6.45, 7) is 0.226. The Morgan fingerprint density at radius 2 is 1.77 bits per heavy atom. The number of hydrogen-bond donors (Lipinski definition) is 6. The first kappa shape index (κ1) is 25.7. The molecule has 0 spiro atoms. The molecule has 0 aromatic heterocycles. The summed E-state index contributed by atoms with van der Waals surface area (Å²) in [6, 6.07) is 5.08. The molecule has 0 aliphatic heterocycles. The van der Waals surface area contributed by atoms with Crippen molar-refractivity contribution in [3.8, 4) is 5.75 Å². The molecule has 0 saturated carbocycles. The molecule has 9 nitrogen and oxygen atoms in total. The highest BCUT2D eigenvalue weighted by Gasteiger charge is 2.25. The van der Waals surface area contributed by atoms with Crippen LogP contribution >= 0.6 is 0 Å². The first-order valence-corrected chi connectivity index (χ1v) is 10.2. The molecule has 1 rings (SSSR count). The predicted octanol–water partition coefficient (Wildman–Crippen LogP) is -0.768. The van der Waals surface area contributed by atoms with Gasteiger partial charge in [-0.2, -0.15) is 0 Å². The minimum Gasteiger partial charge on any atom is -0.508 e. The van der Waals surface area contributed by atoms with E-state index in [4.69, 9.17) is 11.5 Å². The Kier molecular flexibility index (Phi) is 11.8. The molecular formula is C21H34N4O5. The number of amides is 1. The fraction of sp³-hybridized carbons (Fsp3) is 0.571. The number of primary amides is 1. The Bertz CT molecular complexity index is 680. The molecule has 0 radical (unpaired) electrons. The first-order valence-electron chi connectivity index (χ1n) is 10.2. The van der Waals surface area contributed by atoms with Gasteiger partial charge in [-0.3, -0.25) is 14.4 Å². The third kappa shape index (κ3) is 9.45. The second kappa shape index (κ2) is 13.8. The molecule has 8 N–H and O–H groups in total. The van der Waals surface area contributed by atoms with Crippen molar-refractivity contribution in [1.29, 1.82) is 0 Å². The molecule has 1 amide bonds. The van der Waals surface area contributed by atoms with Crippen LogP contribution in [0.4, 0.5) is 0 Å². The normalized spacial score (nSPS) is 14.1. The smallest absolute Gasteiger partial charge is 0.223 e. The van der Waals surface area contributed by atoms with Crippen molar-refractivity contribution in [3.63, 3.8) is 0 Å². The summed E-state index contributed by atoms with van der Waals surface area (Å²) in [5, 5.41) is 24.6. The van der Waals surface area contributed by atoms with Crippen LogP contribution in [0.2, 0.25) is 0 Å². The molecule has 1 aromatic rings. The molecule has 9 heteroatoms. The Labute approximate surface area is 177 Å². The number of aliphatic hydroxyl groups excluding tert-OH is 1. The van der Waals surface area contributed by atoms with Crippen LogP contribution in [0.5, 0.6) is 5.75 Å². The SMILES string of the molecule is CNCCCC[C@H](NCC(=O)[C@@H](N)Cc1ccc(O)cc1)C(=O)C[C@@H](CO)C(N)=O. The van der Waals surface area contributed by atoms with Crippen LogP contribution in [0, 0.1) is 5.92 Å². The molecule has 0 saturated heterocycles. The number of unbranched alkanes of at least 4 members (excludes halogenated alkanes) is 1. The molecule has 0 aliphatic carbocycles. The van der Waals surface area contributed by atoms with Crippen LogP contribution in [-0.2, 0) is 20.8 Å². The zero-order valence-corrected chi connectivity index (χ0v) is 17.5. The van der Waals surface area contributed by atoms with Gasteiger partial charge in [0.05, 0.1) is 31.2 Å². The standard InChI is InChI=1S/C21H34N4O5/c1-24-9-3-2-4-18(19(28)11-15(13-26)21(23)30)25-12-20(29)17(22)10-14-5-7-16(27)8-6-14/h5-8,15,17-18,24-27H,2-4,9-13,22H2,1H3,(H2,23,30)/t15-,17-,18-/m0/s1. The zero-order valence-electron chi connectivity index (χ0n) is 17.5. The minimum absolute atomic E-state index is 0.0813. The maximum atomic E-state index is 12.6. The summed E-state index contributed by atoms with van der Waals surface area (Å²) >= 11 is 0. The van der Waals surface area contributed by atoms with Gasteiger partial charge in [0, 0.05) is 6.42 Å². The lowest BCUT2D eigenvalue weighted by Gasteiger charge is -2.20. The predicted molar refractivity (Wildman–Crippen MR) is 114 cm³/mol. The van der Waals surface area contributed by atoms with Gasteiger partial charge in [-0.15, -0.1) is 0 Å². The second-order valence-electron chi connectivity index (χ2n) is 7.43. The molecule has 0 unspecified atom stereocenters. The number of rotatable bonds is 16. The monoisotopic (exact) mass is 422 g/mol. The van der Waals surface area contributed by atoms with E-state index in [0.29, 0.717) is 12.8 Å². The molecule has 30 heavy (non-hydrogen) atoms. The molecule has 0 heterocycles. The fourth-order valence-electron chi connectivity index (χ4n) is 3.02. The Balaban J connectivity index is 2.64. The number of aromatic hydroxyl groups is 1. The summed E-state index contributed by atoms with van der Waals surface area (Å²) in [7, 11) is 1.84. The molecular weight excluding hydrogens is 388 g/mol. The highest BCUT2D eigenvalue weighted by Crippen LogP contribution is 2.12. The number of benzene rings is 1. The van der Waals surface area contributed by atoms with Crippen molar-refractivity contribution in [2.24, 2.45) is 17.4 Å². The van der Waals surface area contributed by atoms with Gasteiger partial charge in [-0.05, 0) is 50.6 Å². The van der Waals surface area contributed by atoms with Gasteiger partial charge in [0.25, 0.3) is 0 Å². The Hall–Kier alpha value is -2.33.